The summed E-state index contributed by atoms with van der Waals surface area (Å²) in [6.07, 6.45) is 6.58. The molecule has 1 saturated carbocycles. The summed E-state index contributed by atoms with van der Waals surface area (Å²) in [4.78, 5) is 0. The lowest BCUT2D eigenvalue weighted by atomic mass is 10.2. The van der Waals surface area contributed by atoms with Crippen LogP contribution in [0.15, 0.2) is 18.5 Å². The van der Waals surface area contributed by atoms with Crippen molar-refractivity contribution < 1.29 is 5.11 Å². The van der Waals surface area contributed by atoms with Crippen molar-refractivity contribution in [3.8, 4) is 0 Å². The van der Waals surface area contributed by atoms with Gasteiger partial charge in [0, 0.05) is 12.4 Å². The van der Waals surface area contributed by atoms with Crippen molar-refractivity contribution in [1.82, 2.24) is 9.78 Å². The van der Waals surface area contributed by atoms with E-state index in [1.54, 1.807) is 6.20 Å². The summed E-state index contributed by atoms with van der Waals surface area (Å²) in [5, 5.41) is 13.6. The molecule has 1 heterocycles. The minimum atomic E-state index is -0.185. The van der Waals surface area contributed by atoms with Crippen molar-refractivity contribution in [2.45, 2.75) is 31.4 Å². The lowest BCUT2D eigenvalue weighted by molar-refractivity contribution is 0.130. The predicted molar refractivity (Wildman–Crippen MR) is 41.1 cm³/mol. The van der Waals surface area contributed by atoms with E-state index >= 15 is 0 Å². The number of aliphatic hydroxyl groups is 1. The molecule has 0 saturated heterocycles. The van der Waals surface area contributed by atoms with Crippen LogP contribution in [0.25, 0.3) is 0 Å². The Morgan fingerprint density at radius 3 is 2.91 bits per heavy atom. The first-order chi connectivity index (χ1) is 5.38. The third-order valence-corrected chi connectivity index (χ3v) is 2.31. The summed E-state index contributed by atoms with van der Waals surface area (Å²) in [6, 6.07) is 2.12. The molecule has 0 unspecified atom stereocenters. The third kappa shape index (κ3) is 1.16. The molecule has 1 aliphatic carbocycles. The van der Waals surface area contributed by atoms with Gasteiger partial charge in [0.05, 0.1) is 12.1 Å². The molecule has 0 aromatic carbocycles. The van der Waals surface area contributed by atoms with Crippen LogP contribution in [-0.2, 0) is 0 Å². The predicted octanol–water partition coefficient (Wildman–Crippen LogP) is 0.969. The van der Waals surface area contributed by atoms with Crippen LogP contribution >= 0.6 is 0 Å². The van der Waals surface area contributed by atoms with Gasteiger partial charge < -0.3 is 5.11 Å². The molecule has 0 amide bonds. The SMILES string of the molecule is O[C@@H]1CCC[C@H]1n1cccn1. The summed E-state index contributed by atoms with van der Waals surface area (Å²) in [7, 11) is 0. The molecular formula is C8H12N2O. The van der Waals surface area contributed by atoms with E-state index in [0.717, 1.165) is 19.3 Å². The van der Waals surface area contributed by atoms with Crippen LogP contribution in [0.3, 0.4) is 0 Å². The molecule has 2 atom stereocenters. The van der Waals surface area contributed by atoms with Crippen molar-refractivity contribution in [2.24, 2.45) is 0 Å². The zero-order valence-electron chi connectivity index (χ0n) is 6.35. The van der Waals surface area contributed by atoms with Crippen LogP contribution in [0.4, 0.5) is 0 Å². The van der Waals surface area contributed by atoms with Crippen molar-refractivity contribution in [3.05, 3.63) is 18.5 Å². The second-order valence-electron chi connectivity index (χ2n) is 3.05. The third-order valence-electron chi connectivity index (χ3n) is 2.31. The lowest BCUT2D eigenvalue weighted by Crippen LogP contribution is -2.18. The van der Waals surface area contributed by atoms with Crippen molar-refractivity contribution in [1.29, 1.82) is 0 Å². The Balaban J connectivity index is 2.16. The molecule has 0 radical (unpaired) electrons. The molecule has 1 fully saturated rings. The Morgan fingerprint density at radius 2 is 2.36 bits per heavy atom. The van der Waals surface area contributed by atoms with Gasteiger partial charge in [-0.3, -0.25) is 4.68 Å². The maximum atomic E-state index is 9.50. The summed E-state index contributed by atoms with van der Waals surface area (Å²) in [5.74, 6) is 0. The van der Waals surface area contributed by atoms with Crippen LogP contribution in [-0.4, -0.2) is 21.0 Å². The zero-order chi connectivity index (χ0) is 7.68. The van der Waals surface area contributed by atoms with Crippen molar-refractivity contribution in [2.75, 3.05) is 0 Å². The first-order valence-corrected chi connectivity index (χ1v) is 4.05. The molecule has 0 aliphatic heterocycles. The molecule has 1 aromatic heterocycles. The summed E-state index contributed by atoms with van der Waals surface area (Å²) >= 11 is 0. The highest BCUT2D eigenvalue weighted by Gasteiger charge is 2.26. The molecule has 0 spiro atoms. The van der Waals surface area contributed by atoms with Crippen LogP contribution in [0.5, 0.6) is 0 Å². The van der Waals surface area contributed by atoms with E-state index in [-0.39, 0.29) is 12.1 Å². The van der Waals surface area contributed by atoms with Gasteiger partial charge >= 0.3 is 0 Å². The lowest BCUT2D eigenvalue weighted by Gasteiger charge is -2.14. The Labute approximate surface area is 65.7 Å². The molecule has 1 aromatic rings. The number of aromatic nitrogens is 2. The highest BCUT2D eigenvalue weighted by Crippen LogP contribution is 2.28. The summed E-state index contributed by atoms with van der Waals surface area (Å²) in [6.45, 7) is 0. The maximum absolute atomic E-state index is 9.50. The fourth-order valence-electron chi connectivity index (χ4n) is 1.71. The van der Waals surface area contributed by atoms with E-state index in [1.165, 1.54) is 0 Å². The highest BCUT2D eigenvalue weighted by atomic mass is 16.3. The zero-order valence-corrected chi connectivity index (χ0v) is 6.35. The quantitative estimate of drug-likeness (QED) is 0.651. The first kappa shape index (κ1) is 6.85. The Kier molecular flexibility index (Phi) is 1.66. The second-order valence-corrected chi connectivity index (χ2v) is 3.05. The average Bonchev–Trinajstić information content (AvgIpc) is 2.55. The standard InChI is InChI=1S/C8H12N2O/c11-8-4-1-3-7(8)10-6-2-5-9-10/h2,5-8,11H,1,3-4H2/t7-,8-/m1/s1. The number of rotatable bonds is 1. The number of aliphatic hydroxyl groups excluding tert-OH is 1. The summed E-state index contributed by atoms with van der Waals surface area (Å²) in [5.41, 5.74) is 0. The molecule has 60 valence electrons. The van der Waals surface area contributed by atoms with Gasteiger partial charge in [-0.05, 0) is 25.3 Å². The molecule has 3 nitrogen and oxygen atoms in total. The molecule has 3 heteroatoms. The van der Waals surface area contributed by atoms with E-state index in [0.29, 0.717) is 0 Å². The minimum absolute atomic E-state index is 0.185. The monoisotopic (exact) mass is 152 g/mol. The van der Waals surface area contributed by atoms with E-state index in [4.69, 9.17) is 0 Å². The van der Waals surface area contributed by atoms with Crippen LogP contribution in [0.1, 0.15) is 25.3 Å². The van der Waals surface area contributed by atoms with Crippen molar-refractivity contribution in [3.63, 3.8) is 0 Å². The Hall–Kier alpha value is -0.830. The van der Waals surface area contributed by atoms with Crippen molar-refractivity contribution >= 4 is 0 Å². The molecule has 1 N–H and O–H groups in total. The molecule has 2 rings (SSSR count). The molecule has 11 heavy (non-hydrogen) atoms. The second kappa shape index (κ2) is 2.66. The van der Waals surface area contributed by atoms with E-state index in [9.17, 15) is 5.11 Å². The number of hydrogen-bond donors (Lipinski definition) is 1. The average molecular weight is 152 g/mol. The smallest absolute Gasteiger partial charge is 0.0778 e. The largest absolute Gasteiger partial charge is 0.391 e. The summed E-state index contributed by atoms with van der Waals surface area (Å²) < 4.78 is 1.86. The first-order valence-electron chi connectivity index (χ1n) is 4.05. The van der Waals surface area contributed by atoms with Crippen LogP contribution in [0.2, 0.25) is 0 Å². The van der Waals surface area contributed by atoms with E-state index in [2.05, 4.69) is 5.10 Å². The van der Waals surface area contributed by atoms with Gasteiger partial charge in [-0.15, -0.1) is 0 Å². The van der Waals surface area contributed by atoms with Gasteiger partial charge in [-0.2, -0.15) is 5.10 Å². The van der Waals surface area contributed by atoms with E-state index in [1.807, 2.05) is 16.9 Å². The number of nitrogens with zero attached hydrogens (tertiary/aromatic N) is 2. The van der Waals surface area contributed by atoms with Gasteiger partial charge in [-0.25, -0.2) is 0 Å². The highest BCUT2D eigenvalue weighted by molar-refractivity contribution is 4.87. The van der Waals surface area contributed by atoms with E-state index < -0.39 is 0 Å². The van der Waals surface area contributed by atoms with Gasteiger partial charge in [0.1, 0.15) is 0 Å². The maximum Gasteiger partial charge on any atom is 0.0778 e. The fourth-order valence-corrected chi connectivity index (χ4v) is 1.71. The fraction of sp³-hybridized carbons (Fsp3) is 0.625. The molecule has 0 bridgehead atoms. The Bertz CT molecular complexity index is 220. The van der Waals surface area contributed by atoms with Crippen LogP contribution in [0, 0.1) is 0 Å². The van der Waals surface area contributed by atoms with Gasteiger partial charge in [0.15, 0.2) is 0 Å². The number of hydrogen-bond acceptors (Lipinski definition) is 2. The topological polar surface area (TPSA) is 38.0 Å². The van der Waals surface area contributed by atoms with Gasteiger partial charge in [-0.1, -0.05) is 0 Å². The normalized spacial score (nSPS) is 31.0. The Morgan fingerprint density at radius 1 is 1.45 bits per heavy atom. The molecular weight excluding hydrogens is 140 g/mol. The molecule has 1 aliphatic rings. The van der Waals surface area contributed by atoms with Gasteiger partial charge in [0.2, 0.25) is 0 Å². The van der Waals surface area contributed by atoms with Crippen LogP contribution < -0.4 is 0 Å². The van der Waals surface area contributed by atoms with Gasteiger partial charge in [0.25, 0.3) is 0 Å². The minimum Gasteiger partial charge on any atom is -0.391 e.